The van der Waals surface area contributed by atoms with E-state index in [1.54, 1.807) is 11.3 Å². The fraction of sp³-hybridized carbons (Fsp3) is 0.512. The van der Waals surface area contributed by atoms with Gasteiger partial charge < -0.3 is 4.90 Å². The second-order valence-electron chi connectivity index (χ2n) is 13.9. The Kier molecular flexibility index (Phi) is 8.82. The van der Waals surface area contributed by atoms with Crippen LogP contribution in [0.2, 0.25) is 0 Å². The lowest BCUT2D eigenvalue weighted by Crippen LogP contribution is -2.33. The molecule has 0 bridgehead atoms. The van der Waals surface area contributed by atoms with Crippen LogP contribution in [0.5, 0.6) is 0 Å². The predicted molar refractivity (Wildman–Crippen MR) is 178 cm³/mol. The fourth-order valence-electron chi connectivity index (χ4n) is 8.79. The minimum absolute atomic E-state index is 0.313. The molecule has 7 aliphatic rings. The maximum atomic E-state index is 2.75. The van der Waals surface area contributed by atoms with Gasteiger partial charge in [0.1, 0.15) is 0 Å². The van der Waals surface area contributed by atoms with Crippen molar-refractivity contribution in [3.63, 3.8) is 0 Å². The van der Waals surface area contributed by atoms with Crippen molar-refractivity contribution in [2.75, 3.05) is 0 Å². The average molecular weight is 558 g/mol. The van der Waals surface area contributed by atoms with Crippen molar-refractivity contribution < 1.29 is 0 Å². The third-order valence-electron chi connectivity index (χ3n) is 11.2. The van der Waals surface area contributed by atoms with Crippen LogP contribution in [0.15, 0.2) is 119 Å². The third-order valence-corrected chi connectivity index (χ3v) is 11.2. The quantitative estimate of drug-likeness (QED) is 0.281. The molecule has 7 aliphatic carbocycles. The number of hydrogen-bond donors (Lipinski definition) is 0. The van der Waals surface area contributed by atoms with Gasteiger partial charge in [-0.15, -0.1) is 0 Å². The summed E-state index contributed by atoms with van der Waals surface area (Å²) in [6, 6.07) is 0.313. The zero-order valence-electron chi connectivity index (χ0n) is 25.7. The second kappa shape index (κ2) is 13.2. The van der Waals surface area contributed by atoms with Crippen LogP contribution in [0.4, 0.5) is 0 Å². The first kappa shape index (κ1) is 28.0. The molecule has 0 aromatic rings. The van der Waals surface area contributed by atoms with Gasteiger partial charge in [0, 0.05) is 11.4 Å². The highest BCUT2D eigenvalue weighted by Crippen LogP contribution is 2.42. The van der Waals surface area contributed by atoms with Crippen LogP contribution in [-0.2, 0) is 0 Å². The van der Waals surface area contributed by atoms with Crippen LogP contribution in [0, 0.1) is 29.6 Å². The van der Waals surface area contributed by atoms with E-state index in [2.05, 4.69) is 96.0 Å². The zero-order valence-corrected chi connectivity index (χ0v) is 25.7. The molecule has 0 aromatic carbocycles. The Balaban J connectivity index is 1.10. The Morgan fingerprint density at radius 2 is 1.45 bits per heavy atom. The number of nitrogens with zero attached hydrogens (tertiary/aromatic N) is 1. The van der Waals surface area contributed by atoms with Crippen LogP contribution in [0.3, 0.4) is 0 Å². The Morgan fingerprint density at radius 3 is 2.14 bits per heavy atom. The molecule has 0 fully saturated rings. The topological polar surface area (TPSA) is 3.24 Å². The summed E-state index contributed by atoms with van der Waals surface area (Å²) in [5.74, 6) is 3.70. The number of allylic oxidation sites excluding steroid dienone is 17. The van der Waals surface area contributed by atoms with E-state index in [-0.39, 0.29) is 0 Å². The van der Waals surface area contributed by atoms with Crippen molar-refractivity contribution in [3.05, 3.63) is 119 Å². The molecule has 6 unspecified atom stereocenters. The van der Waals surface area contributed by atoms with Crippen LogP contribution >= 0.6 is 0 Å². The van der Waals surface area contributed by atoms with Crippen LogP contribution < -0.4 is 0 Å². The summed E-state index contributed by atoms with van der Waals surface area (Å²) in [6.45, 7) is 0. The van der Waals surface area contributed by atoms with E-state index in [1.807, 2.05) is 0 Å². The standard InChI is InChI=1S/C41H51N/c1-4-11-31(12-5-1)34-19-24-39(25-20-34)42(41-28-23-38(30-41)33-15-8-3-9-16-33)40-26-21-35(22-27-40)37-18-10-17-36(29-37)32-13-6-2-7-14-32/h3-4,6,8,11,13,15,19,23-26,28-32,34-36,41H,1-2,5,7,9-10,12,14,16-18,20-22,27H2. The van der Waals surface area contributed by atoms with Crippen molar-refractivity contribution in [1.82, 2.24) is 4.90 Å². The van der Waals surface area contributed by atoms with Gasteiger partial charge in [0.25, 0.3) is 0 Å². The first-order valence-corrected chi connectivity index (χ1v) is 17.5. The van der Waals surface area contributed by atoms with Gasteiger partial charge in [-0.05, 0) is 143 Å². The van der Waals surface area contributed by atoms with Crippen LogP contribution in [-0.4, -0.2) is 10.9 Å². The molecule has 1 heteroatoms. The maximum absolute atomic E-state index is 2.75. The van der Waals surface area contributed by atoms with Crippen molar-refractivity contribution in [2.24, 2.45) is 29.6 Å². The molecular formula is C41H51N. The smallest absolute Gasteiger partial charge is 0.0714 e. The van der Waals surface area contributed by atoms with Gasteiger partial charge in [-0.3, -0.25) is 0 Å². The molecule has 220 valence electrons. The van der Waals surface area contributed by atoms with Gasteiger partial charge in [0.05, 0.1) is 6.04 Å². The Bertz CT molecular complexity index is 1300. The second-order valence-corrected chi connectivity index (χ2v) is 13.9. The van der Waals surface area contributed by atoms with E-state index in [0.717, 1.165) is 36.5 Å². The molecule has 0 N–H and O–H groups in total. The molecule has 6 atom stereocenters. The predicted octanol–water partition coefficient (Wildman–Crippen LogP) is 11.0. The van der Waals surface area contributed by atoms with Gasteiger partial charge in [0.2, 0.25) is 0 Å². The normalized spacial score (nSPS) is 34.4. The summed E-state index contributed by atoms with van der Waals surface area (Å²) >= 11 is 0. The number of rotatable bonds is 7. The zero-order chi connectivity index (χ0) is 28.1. The van der Waals surface area contributed by atoms with Crippen molar-refractivity contribution in [3.8, 4) is 0 Å². The Labute approximate surface area is 255 Å². The van der Waals surface area contributed by atoms with Gasteiger partial charge in [-0.25, -0.2) is 0 Å². The molecular weight excluding hydrogens is 506 g/mol. The molecule has 0 aromatic heterocycles. The molecule has 0 spiro atoms. The average Bonchev–Trinajstić information content (AvgIpc) is 3.57. The Morgan fingerprint density at radius 1 is 0.619 bits per heavy atom. The molecule has 0 aliphatic heterocycles. The summed E-state index contributed by atoms with van der Waals surface area (Å²) in [6.07, 6.45) is 56.4. The van der Waals surface area contributed by atoms with Crippen LogP contribution in [0.1, 0.15) is 96.3 Å². The van der Waals surface area contributed by atoms with E-state index >= 15 is 0 Å². The highest BCUT2D eigenvalue weighted by Gasteiger charge is 2.31. The summed E-state index contributed by atoms with van der Waals surface area (Å²) in [5.41, 5.74) is 7.68. The molecule has 0 radical (unpaired) electrons. The van der Waals surface area contributed by atoms with E-state index in [1.165, 1.54) is 100 Å². The first-order chi connectivity index (χ1) is 20.8. The highest BCUT2D eigenvalue weighted by molar-refractivity contribution is 5.50. The van der Waals surface area contributed by atoms with E-state index in [9.17, 15) is 0 Å². The molecule has 1 nitrogen and oxygen atoms in total. The Hall–Kier alpha value is -2.80. The summed E-state index contributed by atoms with van der Waals surface area (Å²) in [4.78, 5) is 2.70. The van der Waals surface area contributed by atoms with E-state index in [4.69, 9.17) is 0 Å². The molecule has 42 heavy (non-hydrogen) atoms. The van der Waals surface area contributed by atoms with Gasteiger partial charge in [0.15, 0.2) is 0 Å². The maximum Gasteiger partial charge on any atom is 0.0714 e. The molecule has 0 saturated carbocycles. The van der Waals surface area contributed by atoms with Crippen molar-refractivity contribution in [1.29, 1.82) is 0 Å². The fourth-order valence-corrected chi connectivity index (χ4v) is 8.79. The summed E-state index contributed by atoms with van der Waals surface area (Å²) in [5, 5.41) is 0. The lowest BCUT2D eigenvalue weighted by molar-refractivity contribution is 0.345. The van der Waals surface area contributed by atoms with Crippen LogP contribution in [0.25, 0.3) is 0 Å². The summed E-state index contributed by atoms with van der Waals surface area (Å²) in [7, 11) is 0. The van der Waals surface area contributed by atoms with Crippen molar-refractivity contribution in [2.45, 2.75) is 102 Å². The molecule has 0 saturated heterocycles. The molecule has 0 heterocycles. The lowest BCUT2D eigenvalue weighted by Gasteiger charge is -2.38. The van der Waals surface area contributed by atoms with Gasteiger partial charge in [-0.2, -0.15) is 0 Å². The monoisotopic (exact) mass is 557 g/mol. The highest BCUT2D eigenvalue weighted by atomic mass is 15.2. The van der Waals surface area contributed by atoms with E-state index in [0.29, 0.717) is 12.0 Å². The third kappa shape index (κ3) is 6.27. The molecule has 0 amide bonds. The van der Waals surface area contributed by atoms with Gasteiger partial charge in [-0.1, -0.05) is 90.6 Å². The van der Waals surface area contributed by atoms with Gasteiger partial charge >= 0.3 is 0 Å². The lowest BCUT2D eigenvalue weighted by atomic mass is 9.73. The number of hydrogen-bond acceptors (Lipinski definition) is 1. The minimum atomic E-state index is 0.313. The largest absolute Gasteiger partial charge is 0.335 e. The first-order valence-electron chi connectivity index (χ1n) is 17.5. The van der Waals surface area contributed by atoms with E-state index < -0.39 is 0 Å². The molecule has 7 rings (SSSR count). The minimum Gasteiger partial charge on any atom is -0.335 e. The summed E-state index contributed by atoms with van der Waals surface area (Å²) < 4.78 is 0. The van der Waals surface area contributed by atoms with Crippen molar-refractivity contribution >= 4 is 0 Å². The SMILES string of the molecule is C1=CCCC(C2=CC(N(C3=CCC(C4C=CCCC4)C=C3)C3=CCC(C4=CC(C5C=CCCC5)CCC4)CC3)C=C2)=C1.